The zero-order valence-electron chi connectivity index (χ0n) is 35.0. The summed E-state index contributed by atoms with van der Waals surface area (Å²) in [5, 5.41) is 15.3. The molecule has 342 valence electrons. The second-order valence-electron chi connectivity index (χ2n) is 16.6. The molecule has 2 aliphatic carbocycles. The van der Waals surface area contributed by atoms with Crippen molar-refractivity contribution in [1.29, 1.82) is 0 Å². The molecule has 2 aliphatic heterocycles. The van der Waals surface area contributed by atoms with E-state index in [1.165, 1.54) is 17.0 Å². The number of halogens is 6. The van der Waals surface area contributed by atoms with Crippen molar-refractivity contribution in [2.45, 2.75) is 94.2 Å². The average Bonchev–Trinajstić information content (AvgIpc) is 3.29. The predicted octanol–water partition coefficient (Wildman–Crippen LogP) is 8.31. The lowest BCUT2D eigenvalue weighted by molar-refractivity contribution is -0.154. The van der Waals surface area contributed by atoms with Gasteiger partial charge in [0.1, 0.15) is 17.7 Å². The number of carboxylic acid groups (broad SMARTS) is 1. The largest absolute Gasteiger partial charge is 0.480 e. The van der Waals surface area contributed by atoms with E-state index in [0.29, 0.717) is 89.4 Å². The zero-order valence-corrected chi connectivity index (χ0v) is 35.0. The summed E-state index contributed by atoms with van der Waals surface area (Å²) in [6.07, 6.45) is -1.80. The lowest BCUT2D eigenvalue weighted by atomic mass is 9.81. The predicted molar refractivity (Wildman–Crippen MR) is 223 cm³/mol. The Bertz CT molecular complexity index is 2020. The Kier molecular flexibility index (Phi) is 15.0. The quantitative estimate of drug-likeness (QED) is 0.152. The van der Waals surface area contributed by atoms with Crippen molar-refractivity contribution >= 4 is 35.4 Å². The van der Waals surface area contributed by atoms with Gasteiger partial charge in [-0.15, -0.1) is 0 Å². The molecule has 0 bridgehead atoms. The van der Waals surface area contributed by atoms with Crippen LogP contribution in [0.2, 0.25) is 0 Å². The van der Waals surface area contributed by atoms with Crippen molar-refractivity contribution in [2.75, 3.05) is 62.2 Å². The Balaban J connectivity index is 0.000000215. The van der Waals surface area contributed by atoms with E-state index < -0.39 is 52.5 Å². The van der Waals surface area contributed by atoms with E-state index in [4.69, 9.17) is 4.74 Å². The highest BCUT2D eigenvalue weighted by Gasteiger charge is 2.44. The molecule has 2 saturated carbocycles. The van der Waals surface area contributed by atoms with E-state index in [1.54, 1.807) is 21.9 Å². The van der Waals surface area contributed by atoms with Gasteiger partial charge in [-0.3, -0.25) is 0 Å². The van der Waals surface area contributed by atoms with Crippen LogP contribution in [0.5, 0.6) is 0 Å². The number of hydrogen-bond acceptors (Lipinski definition) is 7. The van der Waals surface area contributed by atoms with Gasteiger partial charge in [-0.05, 0) is 67.6 Å². The Morgan fingerprint density at radius 3 is 1.38 bits per heavy atom. The van der Waals surface area contributed by atoms with Gasteiger partial charge in [0.05, 0.1) is 11.1 Å². The molecule has 0 spiro atoms. The van der Waals surface area contributed by atoms with Crippen LogP contribution in [0.15, 0.2) is 78.9 Å². The average molecular weight is 889 g/mol. The fraction of sp³-hybridized carbons (Fsp3) is 0.511. The lowest BCUT2D eigenvalue weighted by Crippen LogP contribution is -2.61. The first-order valence-corrected chi connectivity index (χ1v) is 21.4. The van der Waals surface area contributed by atoms with Crippen molar-refractivity contribution in [3.8, 4) is 0 Å². The maximum Gasteiger partial charge on any atom is 0.416 e. The first-order chi connectivity index (χ1) is 30.0. The molecule has 2 heterocycles. The molecule has 7 rings (SSSR count). The number of ether oxygens (including phenoxy) is 1. The highest BCUT2D eigenvalue weighted by Crippen LogP contribution is 2.35. The standard InChI is InChI=1S/C26H30F3N3O3.C19H24F3N3O3/c27-26(28,29)21-10-7-11-22(18-21)31-14-16-32(17-15-31)24(34)30-25(12-5-2-6-13-25)23(33)35-19-20-8-3-1-4-9-20;20-19(21,22)14-5-4-6-15(13-14)24-9-11-25(12-10-24)17(28)23-18(16(26)27)7-2-1-3-8-18/h1,3-4,7-11,18H,2,5-6,12-17,19H2,(H,30,34);4-6,13H,1-3,7-12H2,(H,23,28)(H,26,27). The molecular weight excluding hydrogens is 835 g/mol. The summed E-state index contributed by atoms with van der Waals surface area (Å²) >= 11 is 0. The monoisotopic (exact) mass is 888 g/mol. The third-order valence-corrected chi connectivity index (χ3v) is 12.3. The minimum absolute atomic E-state index is 0.146. The zero-order chi connectivity index (χ0) is 45.3. The lowest BCUT2D eigenvalue weighted by Gasteiger charge is -2.40. The van der Waals surface area contributed by atoms with E-state index in [1.807, 2.05) is 35.2 Å². The number of nitrogens with zero attached hydrogens (tertiary/aromatic N) is 4. The minimum Gasteiger partial charge on any atom is -0.480 e. The Hall–Kier alpha value is -5.68. The van der Waals surface area contributed by atoms with Gasteiger partial charge in [-0.1, -0.05) is 81.0 Å². The Morgan fingerprint density at radius 2 is 0.968 bits per heavy atom. The van der Waals surface area contributed by atoms with Gasteiger partial charge >= 0.3 is 36.4 Å². The van der Waals surface area contributed by atoms with Crippen LogP contribution in [0.1, 0.15) is 80.9 Å². The molecule has 4 aliphatic rings. The number of rotatable bonds is 8. The number of carbonyl (C=O) groups is 4. The van der Waals surface area contributed by atoms with Crippen molar-refractivity contribution in [3.05, 3.63) is 95.6 Å². The summed E-state index contributed by atoms with van der Waals surface area (Å²) in [6.45, 7) is 3.04. The minimum atomic E-state index is -4.40. The first kappa shape index (κ1) is 46.8. The maximum atomic E-state index is 13.1. The summed E-state index contributed by atoms with van der Waals surface area (Å²) in [4.78, 5) is 57.3. The summed E-state index contributed by atoms with van der Waals surface area (Å²) < 4.78 is 83.5. The van der Waals surface area contributed by atoms with Gasteiger partial charge < -0.3 is 40.1 Å². The fourth-order valence-electron chi connectivity index (χ4n) is 8.61. The number of anilines is 2. The summed E-state index contributed by atoms with van der Waals surface area (Å²) in [5.41, 5.74) is -1.84. The molecule has 3 N–H and O–H groups in total. The number of carboxylic acids is 1. The van der Waals surface area contributed by atoms with Crippen LogP contribution in [-0.4, -0.2) is 102 Å². The number of carbonyl (C=O) groups excluding carboxylic acids is 3. The highest BCUT2D eigenvalue weighted by atomic mass is 19.4. The number of aliphatic carboxylic acids is 1. The van der Waals surface area contributed by atoms with Crippen LogP contribution in [-0.2, 0) is 33.3 Å². The molecular formula is C45H54F6N6O6. The van der Waals surface area contributed by atoms with E-state index in [9.17, 15) is 50.6 Å². The number of hydrogen-bond donors (Lipinski definition) is 3. The van der Waals surface area contributed by atoms with Crippen LogP contribution in [0.4, 0.5) is 47.3 Å². The van der Waals surface area contributed by atoms with E-state index in [2.05, 4.69) is 10.6 Å². The summed E-state index contributed by atoms with van der Waals surface area (Å²) in [5.74, 6) is -1.43. The molecule has 3 aromatic carbocycles. The van der Waals surface area contributed by atoms with Gasteiger partial charge in [0.2, 0.25) is 0 Å². The van der Waals surface area contributed by atoms with Crippen LogP contribution in [0, 0.1) is 0 Å². The molecule has 0 atom stereocenters. The third-order valence-electron chi connectivity index (χ3n) is 12.3. The number of amides is 4. The fourth-order valence-corrected chi connectivity index (χ4v) is 8.61. The molecule has 12 nitrogen and oxygen atoms in total. The number of urea groups is 2. The first-order valence-electron chi connectivity index (χ1n) is 21.4. The number of esters is 1. The van der Waals surface area contributed by atoms with E-state index in [0.717, 1.165) is 68.4 Å². The molecule has 0 unspecified atom stereocenters. The van der Waals surface area contributed by atoms with Gasteiger partial charge in [-0.2, -0.15) is 26.3 Å². The third kappa shape index (κ3) is 12.1. The molecule has 0 radical (unpaired) electrons. The van der Waals surface area contributed by atoms with Gasteiger partial charge in [0, 0.05) is 63.7 Å². The number of benzene rings is 3. The smallest absolute Gasteiger partial charge is 0.416 e. The number of piperazine rings is 2. The van der Waals surface area contributed by atoms with Crippen molar-refractivity contribution in [2.24, 2.45) is 0 Å². The molecule has 18 heteroatoms. The maximum absolute atomic E-state index is 13.1. The second-order valence-corrected chi connectivity index (χ2v) is 16.6. The highest BCUT2D eigenvalue weighted by molar-refractivity contribution is 5.88. The molecule has 2 saturated heterocycles. The number of alkyl halides is 6. The summed E-state index contributed by atoms with van der Waals surface area (Å²) in [6, 6.07) is 19.0. The SMILES string of the molecule is O=C(NC1(C(=O)O)CCCCC1)N1CCN(c2cccc(C(F)(F)F)c2)CC1.O=C(NC1(C(=O)OCc2ccccc2)CCCCC1)N1CCN(c2cccc(C(F)(F)F)c2)CC1. The molecule has 0 aromatic heterocycles. The molecule has 4 fully saturated rings. The van der Waals surface area contributed by atoms with Crippen LogP contribution in [0.25, 0.3) is 0 Å². The topological polar surface area (TPSA) is 135 Å². The van der Waals surface area contributed by atoms with Crippen molar-refractivity contribution in [1.82, 2.24) is 20.4 Å². The van der Waals surface area contributed by atoms with Crippen molar-refractivity contribution in [3.63, 3.8) is 0 Å². The van der Waals surface area contributed by atoms with Crippen LogP contribution >= 0.6 is 0 Å². The molecule has 63 heavy (non-hydrogen) atoms. The van der Waals surface area contributed by atoms with Crippen molar-refractivity contribution < 1.29 is 55.4 Å². The van der Waals surface area contributed by atoms with E-state index in [-0.39, 0.29) is 12.6 Å². The van der Waals surface area contributed by atoms with Gasteiger partial charge in [-0.25, -0.2) is 19.2 Å². The van der Waals surface area contributed by atoms with Gasteiger partial charge in [0.25, 0.3) is 0 Å². The van der Waals surface area contributed by atoms with Crippen LogP contribution < -0.4 is 20.4 Å². The normalized spacial score (nSPS) is 19.0. The Labute approximate surface area is 362 Å². The molecule has 4 amide bonds. The summed E-state index contributed by atoms with van der Waals surface area (Å²) in [7, 11) is 0. The second kappa shape index (κ2) is 20.2. The van der Waals surface area contributed by atoms with E-state index >= 15 is 0 Å². The van der Waals surface area contributed by atoms with Crippen LogP contribution in [0.3, 0.4) is 0 Å². The number of nitrogens with one attached hydrogen (secondary N) is 2. The van der Waals surface area contributed by atoms with Gasteiger partial charge in [0.15, 0.2) is 0 Å². The Morgan fingerprint density at radius 1 is 0.556 bits per heavy atom. The molecule has 3 aromatic rings.